The summed E-state index contributed by atoms with van der Waals surface area (Å²) in [5.41, 5.74) is 2.74. The number of aromatic hydroxyl groups is 1. The average Bonchev–Trinajstić information content (AvgIpc) is 2.28. The van der Waals surface area contributed by atoms with Gasteiger partial charge in [0, 0.05) is 16.7 Å². The Labute approximate surface area is 114 Å². The Balaban J connectivity index is 2.54. The van der Waals surface area contributed by atoms with E-state index < -0.39 is 0 Å². The third-order valence-electron chi connectivity index (χ3n) is 4.16. The number of hydrogen-bond donors (Lipinski definition) is 1. The first-order valence-electron chi connectivity index (χ1n) is 6.39. The lowest BCUT2D eigenvalue weighted by Gasteiger charge is -2.48. The number of benzene rings is 1. The number of fused-ring (bicyclic) bond motifs is 1. The van der Waals surface area contributed by atoms with Crippen LogP contribution in [-0.2, 0) is 11.8 Å². The van der Waals surface area contributed by atoms with Crippen LogP contribution in [0.25, 0.3) is 0 Å². The van der Waals surface area contributed by atoms with Crippen molar-refractivity contribution in [3.05, 3.63) is 29.3 Å². The van der Waals surface area contributed by atoms with Gasteiger partial charge in [-0.15, -0.1) is 0 Å². The lowest BCUT2D eigenvalue weighted by Crippen LogP contribution is -2.54. The predicted octanol–water partition coefficient (Wildman–Crippen LogP) is 2.89. The number of rotatable bonds is 2. The maximum Gasteiger partial charge on any atom is 0.115 e. The van der Waals surface area contributed by atoms with Crippen LogP contribution in [0.4, 0.5) is 0 Å². The van der Waals surface area contributed by atoms with Gasteiger partial charge in [0.25, 0.3) is 0 Å². The Hall–Kier alpha value is -0.670. The normalized spacial score (nSPS) is 26.1. The zero-order chi connectivity index (χ0) is 13.5. The molecule has 2 nitrogen and oxygen atoms in total. The molecule has 0 aliphatic heterocycles. The van der Waals surface area contributed by atoms with Gasteiger partial charge in [0.2, 0.25) is 0 Å². The molecule has 0 radical (unpaired) electrons. The van der Waals surface area contributed by atoms with Gasteiger partial charge < -0.3 is 10.0 Å². The molecule has 1 aromatic rings. The molecule has 1 aromatic carbocycles. The molecule has 2 rings (SSSR count). The lowest BCUT2D eigenvalue weighted by molar-refractivity contribution is 0.182. The van der Waals surface area contributed by atoms with Crippen LogP contribution in [0.5, 0.6) is 5.75 Å². The number of nitrogens with zero attached hydrogens (tertiary/aromatic N) is 1. The summed E-state index contributed by atoms with van der Waals surface area (Å²) >= 11 is 1.95. The number of thioether (sulfide) groups is 1. The molecular weight excluding hydrogens is 242 g/mol. The van der Waals surface area contributed by atoms with Crippen molar-refractivity contribution in [2.75, 3.05) is 20.4 Å². The van der Waals surface area contributed by atoms with Crippen molar-refractivity contribution in [2.45, 2.75) is 37.0 Å². The van der Waals surface area contributed by atoms with Gasteiger partial charge in [0.15, 0.2) is 0 Å². The molecule has 3 heteroatoms. The lowest BCUT2D eigenvalue weighted by atomic mass is 9.68. The fourth-order valence-electron chi connectivity index (χ4n) is 3.48. The summed E-state index contributed by atoms with van der Waals surface area (Å²) < 4.78 is 0. The maximum atomic E-state index is 9.75. The zero-order valence-electron chi connectivity index (χ0n) is 11.9. The van der Waals surface area contributed by atoms with E-state index in [1.807, 2.05) is 23.9 Å². The molecule has 0 saturated carbocycles. The largest absolute Gasteiger partial charge is 0.508 e. The van der Waals surface area contributed by atoms with Gasteiger partial charge in [-0.25, -0.2) is 0 Å². The van der Waals surface area contributed by atoms with Crippen molar-refractivity contribution in [2.24, 2.45) is 0 Å². The minimum absolute atomic E-state index is 0.0590. The van der Waals surface area contributed by atoms with Crippen molar-refractivity contribution in [1.82, 2.24) is 4.90 Å². The topological polar surface area (TPSA) is 23.5 Å². The molecular formula is C15H23NOS. The molecule has 2 unspecified atom stereocenters. The first-order chi connectivity index (χ1) is 8.37. The highest BCUT2D eigenvalue weighted by Gasteiger charge is 2.43. The van der Waals surface area contributed by atoms with E-state index in [1.165, 1.54) is 11.1 Å². The molecule has 0 saturated heterocycles. The average molecular weight is 265 g/mol. The number of phenolic OH excluding ortho intramolecular Hbond substituents is 1. The van der Waals surface area contributed by atoms with Gasteiger partial charge in [-0.1, -0.05) is 19.9 Å². The first-order valence-corrected chi connectivity index (χ1v) is 7.68. The quantitative estimate of drug-likeness (QED) is 0.889. The smallest absolute Gasteiger partial charge is 0.115 e. The van der Waals surface area contributed by atoms with E-state index in [0.717, 1.165) is 6.42 Å². The summed E-state index contributed by atoms with van der Waals surface area (Å²) in [4.78, 5) is 2.33. The van der Waals surface area contributed by atoms with Gasteiger partial charge in [-0.3, -0.25) is 0 Å². The third kappa shape index (κ3) is 2.14. The predicted molar refractivity (Wildman–Crippen MR) is 79.6 cm³/mol. The summed E-state index contributed by atoms with van der Waals surface area (Å²) in [5.74, 6) is 0.377. The minimum Gasteiger partial charge on any atom is -0.508 e. The molecule has 0 amide bonds. The standard InChI is InChI=1S/C15H23NOS/c1-15(2)12-9-11(17)7-6-10(12)8-13(18-5)14(15)16(3)4/h6-7,9,13-14,17H,8H2,1-5H3. The molecule has 18 heavy (non-hydrogen) atoms. The molecule has 0 fully saturated rings. The van der Waals surface area contributed by atoms with Crippen molar-refractivity contribution >= 4 is 11.8 Å². The Morgan fingerprint density at radius 1 is 1.33 bits per heavy atom. The van der Waals surface area contributed by atoms with Gasteiger partial charge in [-0.2, -0.15) is 11.8 Å². The Kier molecular flexibility index (Phi) is 3.65. The maximum absolute atomic E-state index is 9.75. The minimum atomic E-state index is 0.0590. The zero-order valence-corrected chi connectivity index (χ0v) is 12.7. The Morgan fingerprint density at radius 2 is 2.00 bits per heavy atom. The van der Waals surface area contributed by atoms with Gasteiger partial charge in [0.1, 0.15) is 5.75 Å². The van der Waals surface area contributed by atoms with Crippen LogP contribution in [0.3, 0.4) is 0 Å². The fraction of sp³-hybridized carbons (Fsp3) is 0.600. The van der Waals surface area contributed by atoms with Crippen LogP contribution in [0.1, 0.15) is 25.0 Å². The fourth-order valence-corrected chi connectivity index (χ4v) is 4.67. The van der Waals surface area contributed by atoms with Gasteiger partial charge >= 0.3 is 0 Å². The van der Waals surface area contributed by atoms with E-state index in [1.54, 1.807) is 0 Å². The highest BCUT2D eigenvalue weighted by Crippen LogP contribution is 2.43. The van der Waals surface area contributed by atoms with Crippen LogP contribution in [0, 0.1) is 0 Å². The number of hydrogen-bond acceptors (Lipinski definition) is 3. The summed E-state index contributed by atoms with van der Waals surface area (Å²) in [5, 5.41) is 10.4. The second-order valence-electron chi connectivity index (χ2n) is 5.95. The van der Waals surface area contributed by atoms with Gasteiger partial charge in [-0.05, 0) is 50.0 Å². The molecule has 100 valence electrons. The molecule has 0 aromatic heterocycles. The van der Waals surface area contributed by atoms with E-state index in [2.05, 4.69) is 45.2 Å². The van der Waals surface area contributed by atoms with Crippen molar-refractivity contribution in [1.29, 1.82) is 0 Å². The van der Waals surface area contributed by atoms with E-state index in [-0.39, 0.29) is 5.41 Å². The van der Waals surface area contributed by atoms with E-state index in [9.17, 15) is 5.11 Å². The van der Waals surface area contributed by atoms with E-state index in [0.29, 0.717) is 17.0 Å². The van der Waals surface area contributed by atoms with Crippen LogP contribution in [-0.4, -0.2) is 41.6 Å². The van der Waals surface area contributed by atoms with Crippen molar-refractivity contribution < 1.29 is 5.11 Å². The van der Waals surface area contributed by atoms with E-state index in [4.69, 9.17) is 0 Å². The summed E-state index contributed by atoms with van der Waals surface area (Å²) in [6.45, 7) is 4.58. The summed E-state index contributed by atoms with van der Waals surface area (Å²) in [7, 11) is 4.31. The molecule has 0 spiro atoms. The highest BCUT2D eigenvalue weighted by molar-refractivity contribution is 7.99. The second kappa shape index (κ2) is 4.78. The van der Waals surface area contributed by atoms with Crippen LogP contribution in [0.15, 0.2) is 18.2 Å². The molecule has 2 atom stereocenters. The summed E-state index contributed by atoms with van der Waals surface area (Å²) in [6.07, 6.45) is 3.28. The number of likely N-dealkylation sites (N-methyl/N-ethyl adjacent to an activating group) is 1. The monoisotopic (exact) mass is 265 g/mol. The SMILES string of the molecule is CSC1Cc2ccc(O)cc2C(C)(C)C1N(C)C. The van der Waals surface area contributed by atoms with E-state index >= 15 is 0 Å². The number of phenols is 1. The first kappa shape index (κ1) is 13.8. The Morgan fingerprint density at radius 3 is 2.56 bits per heavy atom. The molecule has 1 N–H and O–H groups in total. The van der Waals surface area contributed by atoms with Crippen molar-refractivity contribution in [3.63, 3.8) is 0 Å². The Bertz CT molecular complexity index is 442. The molecule has 1 aliphatic carbocycles. The highest BCUT2D eigenvalue weighted by atomic mass is 32.2. The molecule has 1 aliphatic rings. The summed E-state index contributed by atoms with van der Waals surface area (Å²) in [6, 6.07) is 6.33. The van der Waals surface area contributed by atoms with Crippen LogP contribution in [0.2, 0.25) is 0 Å². The van der Waals surface area contributed by atoms with Crippen LogP contribution >= 0.6 is 11.8 Å². The third-order valence-corrected chi connectivity index (χ3v) is 5.19. The second-order valence-corrected chi connectivity index (χ2v) is 7.03. The van der Waals surface area contributed by atoms with Crippen molar-refractivity contribution in [3.8, 4) is 5.75 Å². The molecule has 0 bridgehead atoms. The van der Waals surface area contributed by atoms with Crippen LogP contribution < -0.4 is 0 Å². The molecule has 0 heterocycles. The van der Waals surface area contributed by atoms with Gasteiger partial charge in [0.05, 0.1) is 0 Å².